The minimum Gasteiger partial charge on any atom is -0.448 e. The number of carbonyl (C=O) groups excluding carboxylic acids is 2. The smallest absolute Gasteiger partial charge is 0.356 e. The highest BCUT2D eigenvalue weighted by Gasteiger charge is 2.26. The molecule has 2 N–H and O–H groups in total. The van der Waals surface area contributed by atoms with E-state index in [0.717, 1.165) is 5.56 Å². The number of carbonyl (C=O) groups is 2. The molecule has 11 heteroatoms. The number of anilines is 2. The summed E-state index contributed by atoms with van der Waals surface area (Å²) in [6.07, 6.45) is 0.224. The molecular formula is C32H28N4O6S. The summed E-state index contributed by atoms with van der Waals surface area (Å²) in [5.41, 5.74) is 2.20. The maximum absolute atomic E-state index is 13.6. The molecule has 43 heavy (non-hydrogen) atoms. The van der Waals surface area contributed by atoms with E-state index >= 15 is 0 Å². The average molecular weight is 597 g/mol. The van der Waals surface area contributed by atoms with Crippen LogP contribution in [0, 0.1) is 6.92 Å². The van der Waals surface area contributed by atoms with Gasteiger partial charge in [0.15, 0.2) is 6.10 Å². The summed E-state index contributed by atoms with van der Waals surface area (Å²) in [5.74, 6) is -1.31. The number of sulfonamides is 1. The molecule has 0 bridgehead atoms. The number of amides is 1. The second-order valence-corrected chi connectivity index (χ2v) is 11.6. The highest BCUT2D eigenvalue weighted by Crippen LogP contribution is 2.31. The van der Waals surface area contributed by atoms with Crippen LogP contribution in [0.15, 0.2) is 107 Å². The number of rotatable bonds is 8. The van der Waals surface area contributed by atoms with Crippen molar-refractivity contribution in [2.45, 2.75) is 24.8 Å². The standard InChI is InChI=1S/C32H28N4O6S/c1-20-11-13-22(14-12-20)28-25-8-4-5-9-26(25)31(38)36(3)29(28)32(39)42-21(2)30(37)34-23-15-17-24(18-16-23)43(40,41)35-27-10-6-7-19-33-27/h4-19,21H,1-3H3,(H,33,35)(H,34,37). The van der Waals surface area contributed by atoms with Crippen LogP contribution in [0.2, 0.25) is 0 Å². The molecule has 0 spiro atoms. The van der Waals surface area contributed by atoms with Crippen LogP contribution >= 0.6 is 0 Å². The summed E-state index contributed by atoms with van der Waals surface area (Å²) in [6.45, 7) is 3.36. The normalized spacial score (nSPS) is 12.0. The summed E-state index contributed by atoms with van der Waals surface area (Å²) < 4.78 is 34.5. The fourth-order valence-electron chi connectivity index (χ4n) is 4.57. The first-order valence-electron chi connectivity index (χ1n) is 13.3. The Morgan fingerprint density at radius 1 is 0.884 bits per heavy atom. The molecule has 0 fully saturated rings. The van der Waals surface area contributed by atoms with Crippen LogP contribution in [0.4, 0.5) is 11.5 Å². The van der Waals surface area contributed by atoms with Gasteiger partial charge in [0.2, 0.25) is 0 Å². The predicted molar refractivity (Wildman–Crippen MR) is 164 cm³/mol. The maximum atomic E-state index is 13.6. The zero-order valence-corrected chi connectivity index (χ0v) is 24.4. The van der Waals surface area contributed by atoms with Crippen molar-refractivity contribution in [1.82, 2.24) is 9.55 Å². The zero-order valence-electron chi connectivity index (χ0n) is 23.6. The van der Waals surface area contributed by atoms with Gasteiger partial charge in [-0.15, -0.1) is 0 Å². The molecule has 0 aliphatic carbocycles. The third-order valence-corrected chi connectivity index (χ3v) is 8.20. The van der Waals surface area contributed by atoms with Crippen LogP contribution in [0.25, 0.3) is 21.9 Å². The molecule has 0 saturated heterocycles. The second-order valence-electron chi connectivity index (χ2n) is 9.88. The number of nitrogens with one attached hydrogen (secondary N) is 2. The van der Waals surface area contributed by atoms with Crippen molar-refractivity contribution in [3.05, 3.63) is 119 Å². The van der Waals surface area contributed by atoms with E-state index in [1.165, 1.54) is 55.1 Å². The topological polar surface area (TPSA) is 136 Å². The molecule has 10 nitrogen and oxygen atoms in total. The van der Waals surface area contributed by atoms with Gasteiger partial charge in [0.05, 0.1) is 4.90 Å². The molecule has 1 unspecified atom stereocenters. The molecule has 0 radical (unpaired) electrons. The monoisotopic (exact) mass is 596 g/mol. The highest BCUT2D eigenvalue weighted by atomic mass is 32.2. The highest BCUT2D eigenvalue weighted by molar-refractivity contribution is 7.92. The molecule has 218 valence electrons. The second kappa shape index (κ2) is 11.9. The van der Waals surface area contributed by atoms with Crippen molar-refractivity contribution in [3.63, 3.8) is 0 Å². The zero-order chi connectivity index (χ0) is 30.7. The van der Waals surface area contributed by atoms with Gasteiger partial charge in [-0.1, -0.05) is 54.1 Å². The van der Waals surface area contributed by atoms with E-state index in [9.17, 15) is 22.8 Å². The molecule has 3 aromatic carbocycles. The third-order valence-electron chi connectivity index (χ3n) is 6.83. The molecule has 5 rings (SSSR count). The Balaban J connectivity index is 1.36. The van der Waals surface area contributed by atoms with Crippen LogP contribution in [0.5, 0.6) is 0 Å². The molecule has 1 amide bonds. The molecule has 5 aromatic rings. The Morgan fingerprint density at radius 3 is 2.19 bits per heavy atom. The minimum absolute atomic E-state index is 0.0159. The number of aromatic nitrogens is 2. The first kappa shape index (κ1) is 29.2. The number of fused-ring (bicyclic) bond motifs is 1. The summed E-state index contributed by atoms with van der Waals surface area (Å²) in [5, 5.41) is 3.66. The number of ether oxygens (including phenoxy) is 1. The van der Waals surface area contributed by atoms with Crippen molar-refractivity contribution in [3.8, 4) is 11.1 Å². The van der Waals surface area contributed by atoms with Gasteiger partial charge < -0.3 is 14.6 Å². The van der Waals surface area contributed by atoms with Crippen LogP contribution in [0.3, 0.4) is 0 Å². The summed E-state index contributed by atoms with van der Waals surface area (Å²) >= 11 is 0. The fraction of sp³-hybridized carbons (Fsp3) is 0.125. The number of pyridine rings is 2. The molecule has 1 atom stereocenters. The first-order chi connectivity index (χ1) is 20.5. The SMILES string of the molecule is Cc1ccc(-c2c(C(=O)OC(C)C(=O)Nc3ccc(S(=O)(=O)Nc4ccccn4)cc3)n(C)c(=O)c3ccccc23)cc1. The van der Waals surface area contributed by atoms with Crippen LogP contribution < -0.4 is 15.6 Å². The van der Waals surface area contributed by atoms with Gasteiger partial charge in [0.25, 0.3) is 21.5 Å². The van der Waals surface area contributed by atoms with E-state index in [2.05, 4.69) is 15.0 Å². The number of nitrogens with zero attached hydrogens (tertiary/aromatic N) is 2. The van der Waals surface area contributed by atoms with Crippen molar-refractivity contribution in [2.75, 3.05) is 10.0 Å². The van der Waals surface area contributed by atoms with Crippen molar-refractivity contribution in [2.24, 2.45) is 7.05 Å². The van der Waals surface area contributed by atoms with E-state index in [1.807, 2.05) is 31.2 Å². The fourth-order valence-corrected chi connectivity index (χ4v) is 5.58. The van der Waals surface area contributed by atoms with E-state index in [4.69, 9.17) is 4.74 Å². The molecule has 0 aliphatic heterocycles. The predicted octanol–water partition coefficient (Wildman–Crippen LogP) is 4.89. The van der Waals surface area contributed by atoms with Gasteiger partial charge in [-0.05, 0) is 67.3 Å². The summed E-state index contributed by atoms with van der Waals surface area (Å²) in [6, 6.07) is 24.9. The van der Waals surface area contributed by atoms with Crippen LogP contribution in [-0.2, 0) is 26.6 Å². The van der Waals surface area contributed by atoms with Crippen LogP contribution in [-0.4, -0.2) is 35.9 Å². The summed E-state index contributed by atoms with van der Waals surface area (Å²) in [7, 11) is -2.40. The Labute approximate surface area is 248 Å². The number of aryl methyl sites for hydroxylation is 1. The molecule has 2 heterocycles. The summed E-state index contributed by atoms with van der Waals surface area (Å²) in [4.78, 5) is 43.6. The molecule has 0 saturated carbocycles. The lowest BCUT2D eigenvalue weighted by atomic mass is 9.96. The van der Waals surface area contributed by atoms with Crippen molar-refractivity contribution >= 4 is 44.2 Å². The number of benzene rings is 3. The van der Waals surface area contributed by atoms with Crippen molar-refractivity contribution < 1.29 is 22.7 Å². The van der Waals surface area contributed by atoms with Gasteiger partial charge >= 0.3 is 5.97 Å². The van der Waals surface area contributed by atoms with Gasteiger partial charge in [-0.2, -0.15) is 0 Å². The number of hydrogen-bond donors (Lipinski definition) is 2. The number of esters is 1. The Morgan fingerprint density at radius 2 is 1.53 bits per heavy atom. The quantitative estimate of drug-likeness (QED) is 0.243. The molecular weight excluding hydrogens is 568 g/mol. The third kappa shape index (κ3) is 6.16. The first-order valence-corrected chi connectivity index (χ1v) is 14.8. The minimum atomic E-state index is -3.90. The molecule has 0 aliphatic rings. The van der Waals surface area contributed by atoms with E-state index in [-0.39, 0.29) is 22.0 Å². The van der Waals surface area contributed by atoms with E-state index in [1.54, 1.807) is 36.4 Å². The van der Waals surface area contributed by atoms with Crippen LogP contribution in [0.1, 0.15) is 23.0 Å². The maximum Gasteiger partial charge on any atom is 0.356 e. The average Bonchev–Trinajstić information content (AvgIpc) is 3.00. The Kier molecular flexibility index (Phi) is 8.09. The van der Waals surface area contributed by atoms with Gasteiger partial charge in [-0.3, -0.25) is 14.3 Å². The van der Waals surface area contributed by atoms with E-state index in [0.29, 0.717) is 27.6 Å². The Bertz CT molecular complexity index is 1990. The Hall–Kier alpha value is -5.29. The lowest BCUT2D eigenvalue weighted by molar-refractivity contribution is -0.123. The lowest BCUT2D eigenvalue weighted by Gasteiger charge is -2.19. The van der Waals surface area contributed by atoms with Gasteiger partial charge in [-0.25, -0.2) is 18.2 Å². The molecule has 2 aromatic heterocycles. The number of hydrogen-bond acceptors (Lipinski definition) is 7. The van der Waals surface area contributed by atoms with Gasteiger partial charge in [0, 0.05) is 29.9 Å². The lowest BCUT2D eigenvalue weighted by Crippen LogP contribution is -2.33. The van der Waals surface area contributed by atoms with Gasteiger partial charge in [0.1, 0.15) is 11.5 Å². The van der Waals surface area contributed by atoms with Crippen molar-refractivity contribution in [1.29, 1.82) is 0 Å². The van der Waals surface area contributed by atoms with E-state index < -0.39 is 28.0 Å². The largest absolute Gasteiger partial charge is 0.448 e.